The van der Waals surface area contributed by atoms with Crippen molar-refractivity contribution in [2.45, 2.75) is 39.0 Å². The summed E-state index contributed by atoms with van der Waals surface area (Å²) in [5.41, 5.74) is -0.143. The Morgan fingerprint density at radius 2 is 1.39 bits per heavy atom. The smallest absolute Gasteiger partial charge is 0.340 e. The van der Waals surface area contributed by atoms with Crippen LogP contribution in [0.1, 0.15) is 59.7 Å². The molecule has 0 heterocycles. The molecule has 0 aromatic heterocycles. The predicted octanol–water partition coefficient (Wildman–Crippen LogP) is 6.56. The summed E-state index contributed by atoms with van der Waals surface area (Å²) >= 11 is 13.1. The summed E-state index contributed by atoms with van der Waals surface area (Å²) in [5.74, 6) is -1.86. The number of halogens is 4. The van der Waals surface area contributed by atoms with Crippen LogP contribution >= 0.6 is 63.7 Å². The lowest BCUT2D eigenvalue weighted by molar-refractivity contribution is 0.0486. The Morgan fingerprint density at radius 3 is 1.91 bits per heavy atom. The molecular weight excluding hydrogens is 564 g/mol. The fourth-order valence-electron chi connectivity index (χ4n) is 1.97. The van der Waals surface area contributed by atoms with Crippen molar-refractivity contribution in [2.24, 2.45) is 0 Å². The summed E-state index contributed by atoms with van der Waals surface area (Å²) in [5, 5.41) is 9.41. The zero-order chi connectivity index (χ0) is 17.6. The third-order valence-electron chi connectivity index (χ3n) is 3.17. The van der Waals surface area contributed by atoms with Crippen molar-refractivity contribution >= 4 is 75.7 Å². The summed E-state index contributed by atoms with van der Waals surface area (Å²) in [7, 11) is 0. The van der Waals surface area contributed by atoms with Gasteiger partial charge in [0.05, 0.1) is 17.7 Å². The number of benzene rings is 1. The lowest BCUT2D eigenvalue weighted by Gasteiger charge is -2.14. The van der Waals surface area contributed by atoms with Crippen LogP contribution in [0, 0.1) is 0 Å². The van der Waals surface area contributed by atoms with Crippen molar-refractivity contribution in [1.29, 1.82) is 0 Å². The maximum absolute atomic E-state index is 12.3. The summed E-state index contributed by atoms with van der Waals surface area (Å²) in [6, 6.07) is 0. The number of carbonyl (C=O) groups is 2. The minimum atomic E-state index is -1.21. The van der Waals surface area contributed by atoms with Gasteiger partial charge in [-0.1, -0.05) is 32.6 Å². The van der Waals surface area contributed by atoms with Gasteiger partial charge in [-0.15, -0.1) is 0 Å². The Bertz CT molecular complexity index is 602. The average Bonchev–Trinajstić information content (AvgIpc) is 2.51. The molecule has 1 aromatic rings. The Hall–Kier alpha value is 0.0800. The van der Waals surface area contributed by atoms with Crippen LogP contribution < -0.4 is 0 Å². The third-order valence-corrected chi connectivity index (χ3v) is 7.93. The lowest BCUT2D eigenvalue weighted by atomic mass is 10.1. The maximum atomic E-state index is 12.3. The van der Waals surface area contributed by atoms with E-state index in [0.717, 1.165) is 32.1 Å². The zero-order valence-electron chi connectivity index (χ0n) is 12.4. The number of hydrogen-bond acceptors (Lipinski definition) is 3. The molecule has 0 aliphatic carbocycles. The molecule has 0 radical (unpaired) electrons. The van der Waals surface area contributed by atoms with Crippen molar-refractivity contribution in [1.82, 2.24) is 0 Å². The van der Waals surface area contributed by atoms with Crippen LogP contribution in [0.2, 0.25) is 0 Å². The molecule has 0 unspecified atom stereocenters. The summed E-state index contributed by atoms with van der Waals surface area (Å²) < 4.78 is 6.93. The van der Waals surface area contributed by atoms with E-state index in [1.54, 1.807) is 0 Å². The maximum Gasteiger partial charge on any atom is 0.340 e. The van der Waals surface area contributed by atoms with Crippen molar-refractivity contribution in [3.05, 3.63) is 29.0 Å². The Labute approximate surface area is 168 Å². The van der Waals surface area contributed by atoms with Crippen LogP contribution in [0.25, 0.3) is 0 Å². The molecule has 0 aliphatic heterocycles. The second-order valence-electron chi connectivity index (χ2n) is 4.86. The minimum absolute atomic E-state index is 0.00647. The van der Waals surface area contributed by atoms with E-state index in [2.05, 4.69) is 70.6 Å². The lowest BCUT2D eigenvalue weighted by Crippen LogP contribution is -2.15. The molecule has 0 saturated heterocycles. The molecule has 0 fully saturated rings. The molecule has 1 N–H and O–H groups in total. The van der Waals surface area contributed by atoms with Crippen molar-refractivity contribution in [3.8, 4) is 0 Å². The number of hydrogen-bond donors (Lipinski definition) is 1. The van der Waals surface area contributed by atoms with E-state index in [4.69, 9.17) is 4.74 Å². The van der Waals surface area contributed by atoms with E-state index in [1.807, 2.05) is 0 Å². The Morgan fingerprint density at radius 1 is 0.870 bits per heavy atom. The first-order valence-electron chi connectivity index (χ1n) is 7.09. The van der Waals surface area contributed by atoms with Gasteiger partial charge in [0, 0.05) is 17.9 Å². The van der Waals surface area contributed by atoms with Crippen molar-refractivity contribution in [3.63, 3.8) is 0 Å². The molecule has 4 nitrogen and oxygen atoms in total. The molecule has 1 aromatic carbocycles. The fourth-order valence-corrected chi connectivity index (χ4v) is 4.42. The molecule has 23 heavy (non-hydrogen) atoms. The molecule has 0 bridgehead atoms. The number of carbonyl (C=O) groups excluding carboxylic acids is 1. The number of unbranched alkanes of at least 4 members (excludes halogenated alkanes) is 4. The normalized spacial score (nSPS) is 10.7. The van der Waals surface area contributed by atoms with Crippen LogP contribution in [0.15, 0.2) is 17.9 Å². The van der Waals surface area contributed by atoms with E-state index in [-0.39, 0.29) is 22.2 Å². The highest BCUT2D eigenvalue weighted by atomic mass is 79.9. The van der Waals surface area contributed by atoms with E-state index in [9.17, 15) is 14.7 Å². The second-order valence-corrected chi connectivity index (χ2v) is 8.03. The van der Waals surface area contributed by atoms with E-state index < -0.39 is 11.9 Å². The van der Waals surface area contributed by atoms with Crippen LogP contribution in [0.3, 0.4) is 0 Å². The van der Waals surface area contributed by atoms with Gasteiger partial charge in [0.25, 0.3) is 0 Å². The van der Waals surface area contributed by atoms with Gasteiger partial charge in [0.15, 0.2) is 0 Å². The first-order valence-corrected chi connectivity index (χ1v) is 10.3. The minimum Gasteiger partial charge on any atom is -0.478 e. The fraction of sp³-hybridized carbons (Fsp3) is 0.467. The monoisotopic (exact) mass is 576 g/mol. The molecule has 8 heteroatoms. The number of aromatic carboxylic acids is 1. The molecule has 0 atom stereocenters. The highest BCUT2D eigenvalue weighted by Gasteiger charge is 2.28. The first kappa shape index (κ1) is 21.1. The van der Waals surface area contributed by atoms with Gasteiger partial charge in [-0.25, -0.2) is 9.59 Å². The van der Waals surface area contributed by atoms with Crippen LogP contribution in [-0.2, 0) is 4.74 Å². The highest BCUT2D eigenvalue weighted by Crippen LogP contribution is 2.42. The zero-order valence-corrected chi connectivity index (χ0v) is 18.8. The van der Waals surface area contributed by atoms with Crippen LogP contribution in [-0.4, -0.2) is 23.7 Å². The SMILES string of the molecule is CCCCCCCOC(=O)c1c(Br)c(Br)c(Br)c(Br)c1C(=O)O. The number of ether oxygens (including phenoxy) is 1. The average molecular weight is 580 g/mol. The van der Waals surface area contributed by atoms with E-state index >= 15 is 0 Å². The summed E-state index contributed by atoms with van der Waals surface area (Å²) in [4.78, 5) is 23.8. The van der Waals surface area contributed by atoms with Crippen LogP contribution in [0.4, 0.5) is 0 Å². The molecule has 1 rings (SSSR count). The molecule has 0 saturated carbocycles. The molecule has 0 spiro atoms. The standard InChI is InChI=1S/C15H16Br4O4/c1-2-3-4-5-6-7-23-15(22)9-8(14(20)21)10(16)12(18)13(19)11(9)17/h2-7H2,1H3,(H,20,21). The number of esters is 1. The first-order chi connectivity index (χ1) is 10.8. The van der Waals surface area contributed by atoms with Crippen LogP contribution in [0.5, 0.6) is 0 Å². The van der Waals surface area contributed by atoms with Gasteiger partial charge < -0.3 is 9.84 Å². The van der Waals surface area contributed by atoms with Crippen molar-refractivity contribution in [2.75, 3.05) is 6.61 Å². The van der Waals surface area contributed by atoms with E-state index in [1.165, 1.54) is 0 Å². The van der Waals surface area contributed by atoms with Gasteiger partial charge in [-0.2, -0.15) is 0 Å². The molecule has 0 amide bonds. The molecule has 128 valence electrons. The van der Waals surface area contributed by atoms with Gasteiger partial charge >= 0.3 is 11.9 Å². The summed E-state index contributed by atoms with van der Waals surface area (Å²) in [6.45, 7) is 2.41. The predicted molar refractivity (Wildman–Crippen MR) is 103 cm³/mol. The molecule has 0 aliphatic rings. The van der Waals surface area contributed by atoms with Gasteiger partial charge in [0.2, 0.25) is 0 Å². The topological polar surface area (TPSA) is 63.6 Å². The number of carboxylic acid groups (broad SMARTS) is 1. The quantitative estimate of drug-likeness (QED) is 0.164. The molecular formula is C15H16Br4O4. The van der Waals surface area contributed by atoms with Gasteiger partial charge in [0.1, 0.15) is 0 Å². The third kappa shape index (κ3) is 5.54. The Balaban J connectivity index is 2.94. The van der Waals surface area contributed by atoms with Gasteiger partial charge in [-0.05, 0) is 70.1 Å². The van der Waals surface area contributed by atoms with E-state index in [0.29, 0.717) is 13.4 Å². The highest BCUT2D eigenvalue weighted by molar-refractivity contribution is 9.15. The Kier molecular flexibility index (Phi) is 9.33. The summed E-state index contributed by atoms with van der Waals surface area (Å²) in [6.07, 6.45) is 5.17. The van der Waals surface area contributed by atoms with Gasteiger partial charge in [-0.3, -0.25) is 0 Å². The largest absolute Gasteiger partial charge is 0.478 e. The van der Waals surface area contributed by atoms with Crippen molar-refractivity contribution < 1.29 is 19.4 Å². The number of carboxylic acids is 1. The second kappa shape index (κ2) is 10.2. The number of rotatable bonds is 8.